The van der Waals surface area contributed by atoms with Gasteiger partial charge in [-0.15, -0.1) is 0 Å². The fraction of sp³-hybridized carbons (Fsp3) is 0.444. The molecule has 0 saturated heterocycles. The monoisotopic (exact) mass is 270 g/mol. The number of hydrogen-bond acceptors (Lipinski definition) is 5. The van der Waals surface area contributed by atoms with E-state index < -0.39 is 16.1 Å². The summed E-state index contributed by atoms with van der Waals surface area (Å²) in [6, 6.07) is -0.514. The Hall–Kier alpha value is -1.74. The highest BCUT2D eigenvalue weighted by molar-refractivity contribution is 7.89. The van der Waals surface area contributed by atoms with Crippen molar-refractivity contribution in [2.75, 3.05) is 0 Å². The summed E-state index contributed by atoms with van der Waals surface area (Å²) in [6.07, 6.45) is 2.72. The first-order chi connectivity index (χ1) is 8.38. The van der Waals surface area contributed by atoms with Crippen LogP contribution in [-0.4, -0.2) is 33.4 Å². The lowest BCUT2D eigenvalue weighted by Gasteiger charge is -2.09. The molecule has 2 rings (SSSR count). The van der Waals surface area contributed by atoms with Crippen LogP contribution < -0.4 is 4.72 Å². The summed E-state index contributed by atoms with van der Waals surface area (Å²) in [4.78, 5) is 4.19. The van der Waals surface area contributed by atoms with Crippen molar-refractivity contribution in [3.63, 3.8) is 0 Å². The van der Waals surface area contributed by atoms with Crippen molar-refractivity contribution >= 4 is 10.0 Å². The quantitative estimate of drug-likeness (QED) is 0.806. The van der Waals surface area contributed by atoms with Crippen LogP contribution in [0, 0.1) is 6.92 Å². The van der Waals surface area contributed by atoms with Crippen molar-refractivity contribution in [2.45, 2.75) is 24.8 Å². The SMILES string of the molecule is Cc1nc(C(C)NS(=O)(=O)c2cnn(C)c2)n[nH]1. The van der Waals surface area contributed by atoms with Crippen LogP contribution in [0.3, 0.4) is 0 Å². The highest BCUT2D eigenvalue weighted by Gasteiger charge is 2.21. The highest BCUT2D eigenvalue weighted by atomic mass is 32.2. The van der Waals surface area contributed by atoms with E-state index in [1.807, 2.05) is 0 Å². The lowest BCUT2D eigenvalue weighted by Crippen LogP contribution is -2.27. The van der Waals surface area contributed by atoms with Gasteiger partial charge in [0.25, 0.3) is 0 Å². The summed E-state index contributed by atoms with van der Waals surface area (Å²) in [5, 5.41) is 10.4. The maximum absolute atomic E-state index is 12.0. The van der Waals surface area contributed by atoms with E-state index in [9.17, 15) is 8.42 Å². The first-order valence-electron chi connectivity index (χ1n) is 5.28. The molecular formula is C9H14N6O2S. The van der Waals surface area contributed by atoms with Crippen LogP contribution in [0.25, 0.3) is 0 Å². The average molecular weight is 270 g/mol. The molecule has 98 valence electrons. The number of aromatic amines is 1. The van der Waals surface area contributed by atoms with Gasteiger partial charge in [0.2, 0.25) is 10.0 Å². The van der Waals surface area contributed by atoms with Gasteiger partial charge in [-0.25, -0.2) is 18.1 Å². The number of sulfonamides is 1. The molecule has 1 atom stereocenters. The average Bonchev–Trinajstić information content (AvgIpc) is 2.86. The minimum absolute atomic E-state index is 0.115. The molecule has 1 unspecified atom stereocenters. The molecule has 0 saturated carbocycles. The van der Waals surface area contributed by atoms with Gasteiger partial charge < -0.3 is 0 Å². The molecule has 0 fully saturated rings. The fourth-order valence-corrected chi connectivity index (χ4v) is 2.63. The molecule has 0 radical (unpaired) electrons. The lowest BCUT2D eigenvalue weighted by molar-refractivity contribution is 0.560. The third-order valence-electron chi connectivity index (χ3n) is 2.33. The van der Waals surface area contributed by atoms with Gasteiger partial charge >= 0.3 is 0 Å². The summed E-state index contributed by atoms with van der Waals surface area (Å²) in [5.74, 6) is 1.04. The van der Waals surface area contributed by atoms with Crippen LogP contribution in [0.1, 0.15) is 24.6 Å². The molecular weight excluding hydrogens is 256 g/mol. The highest BCUT2D eigenvalue weighted by Crippen LogP contribution is 2.13. The lowest BCUT2D eigenvalue weighted by atomic mass is 10.3. The molecule has 2 N–H and O–H groups in total. The summed E-state index contributed by atoms with van der Waals surface area (Å²) >= 11 is 0. The number of rotatable bonds is 4. The molecule has 0 aliphatic rings. The summed E-state index contributed by atoms with van der Waals surface area (Å²) in [7, 11) is -1.95. The molecule has 0 aliphatic heterocycles. The summed E-state index contributed by atoms with van der Waals surface area (Å²) < 4.78 is 27.9. The second kappa shape index (κ2) is 4.50. The van der Waals surface area contributed by atoms with Crippen molar-refractivity contribution < 1.29 is 8.42 Å². The smallest absolute Gasteiger partial charge is 0.244 e. The molecule has 2 heterocycles. The second-order valence-electron chi connectivity index (χ2n) is 3.97. The van der Waals surface area contributed by atoms with E-state index >= 15 is 0 Å². The van der Waals surface area contributed by atoms with Crippen LogP contribution in [-0.2, 0) is 17.1 Å². The molecule has 0 bridgehead atoms. The Morgan fingerprint density at radius 1 is 1.50 bits per heavy atom. The van der Waals surface area contributed by atoms with Gasteiger partial charge in [-0.3, -0.25) is 9.78 Å². The van der Waals surface area contributed by atoms with E-state index in [0.717, 1.165) is 0 Å². The number of nitrogens with one attached hydrogen (secondary N) is 2. The van der Waals surface area contributed by atoms with Gasteiger partial charge in [0.15, 0.2) is 5.82 Å². The molecule has 8 nitrogen and oxygen atoms in total. The van der Waals surface area contributed by atoms with E-state index in [0.29, 0.717) is 11.6 Å². The molecule has 0 aromatic carbocycles. The zero-order chi connectivity index (χ0) is 13.3. The van der Waals surface area contributed by atoms with Gasteiger partial charge in [0.05, 0.1) is 12.2 Å². The Balaban J connectivity index is 2.18. The minimum Gasteiger partial charge on any atom is -0.274 e. The molecule has 0 spiro atoms. The van der Waals surface area contributed by atoms with Crippen LogP contribution in [0.15, 0.2) is 17.3 Å². The molecule has 0 amide bonds. The second-order valence-corrected chi connectivity index (χ2v) is 5.69. The Labute approximate surface area is 104 Å². The van der Waals surface area contributed by atoms with Gasteiger partial charge in [-0.05, 0) is 13.8 Å². The summed E-state index contributed by atoms with van der Waals surface area (Å²) in [5.41, 5.74) is 0. The summed E-state index contributed by atoms with van der Waals surface area (Å²) in [6.45, 7) is 3.43. The zero-order valence-electron chi connectivity index (χ0n) is 10.2. The number of nitrogens with zero attached hydrogens (tertiary/aromatic N) is 4. The maximum atomic E-state index is 12.0. The fourth-order valence-electron chi connectivity index (χ4n) is 1.44. The van der Waals surface area contributed by atoms with Crippen LogP contribution in [0.4, 0.5) is 0 Å². The Bertz CT molecular complexity index is 644. The number of aromatic nitrogens is 5. The van der Waals surface area contributed by atoms with Gasteiger partial charge in [0, 0.05) is 13.2 Å². The minimum atomic E-state index is -3.60. The van der Waals surface area contributed by atoms with Crippen molar-refractivity contribution in [2.24, 2.45) is 7.05 Å². The third kappa shape index (κ3) is 2.57. The molecule has 2 aromatic heterocycles. The van der Waals surface area contributed by atoms with Gasteiger partial charge in [0.1, 0.15) is 10.7 Å². The zero-order valence-corrected chi connectivity index (χ0v) is 11.1. The normalized spacial score (nSPS) is 13.7. The van der Waals surface area contributed by atoms with E-state index in [4.69, 9.17) is 0 Å². The molecule has 9 heteroatoms. The van der Waals surface area contributed by atoms with Gasteiger partial charge in [-0.1, -0.05) is 0 Å². The first-order valence-corrected chi connectivity index (χ1v) is 6.76. The number of hydrogen-bond donors (Lipinski definition) is 2. The predicted molar refractivity (Wildman–Crippen MR) is 63.1 cm³/mol. The first kappa shape index (κ1) is 12.7. The van der Waals surface area contributed by atoms with Gasteiger partial charge in [-0.2, -0.15) is 10.2 Å². The molecule has 0 aliphatic carbocycles. The van der Waals surface area contributed by atoms with E-state index in [1.165, 1.54) is 17.1 Å². The molecule has 2 aromatic rings. The van der Waals surface area contributed by atoms with E-state index in [-0.39, 0.29) is 4.90 Å². The Morgan fingerprint density at radius 3 is 2.72 bits per heavy atom. The van der Waals surface area contributed by atoms with Crippen molar-refractivity contribution in [1.82, 2.24) is 29.7 Å². The third-order valence-corrected chi connectivity index (χ3v) is 3.82. The van der Waals surface area contributed by atoms with Crippen LogP contribution >= 0.6 is 0 Å². The van der Waals surface area contributed by atoms with Crippen LogP contribution in [0.5, 0.6) is 0 Å². The largest absolute Gasteiger partial charge is 0.274 e. The molecule has 18 heavy (non-hydrogen) atoms. The number of aryl methyl sites for hydroxylation is 2. The van der Waals surface area contributed by atoms with Crippen molar-refractivity contribution in [1.29, 1.82) is 0 Å². The topological polar surface area (TPSA) is 106 Å². The maximum Gasteiger partial charge on any atom is 0.244 e. The van der Waals surface area contributed by atoms with Crippen molar-refractivity contribution in [3.05, 3.63) is 24.0 Å². The van der Waals surface area contributed by atoms with Crippen molar-refractivity contribution in [3.8, 4) is 0 Å². The Morgan fingerprint density at radius 2 is 2.22 bits per heavy atom. The van der Waals surface area contributed by atoms with E-state index in [2.05, 4.69) is 25.0 Å². The standard InChI is InChI=1S/C9H14N6O2S/c1-6(9-11-7(2)12-13-9)14-18(16,17)8-4-10-15(3)5-8/h4-6,14H,1-3H3,(H,11,12,13). The Kier molecular flexibility index (Phi) is 3.18. The predicted octanol–water partition coefficient (Wildman–Crippen LogP) is -0.114. The van der Waals surface area contributed by atoms with E-state index in [1.54, 1.807) is 20.9 Å². The van der Waals surface area contributed by atoms with Crippen LogP contribution in [0.2, 0.25) is 0 Å². The number of H-pyrrole nitrogens is 1.